The third-order valence-electron chi connectivity index (χ3n) is 9.05. The summed E-state index contributed by atoms with van der Waals surface area (Å²) in [5.41, 5.74) is 5.94. The second-order valence-corrected chi connectivity index (χ2v) is 12.2. The summed E-state index contributed by atoms with van der Waals surface area (Å²) < 4.78 is 12.6. The number of H-pyrrole nitrogens is 1. The number of aliphatic hydroxyl groups is 1. The molecule has 2 N–H and O–H groups in total. The van der Waals surface area contributed by atoms with Crippen LogP contribution in [0.15, 0.2) is 80.4 Å². The minimum atomic E-state index is -0.586. The molecule has 0 radical (unpaired) electrons. The van der Waals surface area contributed by atoms with Gasteiger partial charge in [-0.3, -0.25) is 18.9 Å². The first-order valence-electron chi connectivity index (χ1n) is 15.9. The van der Waals surface area contributed by atoms with Gasteiger partial charge in [-0.25, -0.2) is 9.78 Å². The lowest BCUT2D eigenvalue weighted by molar-refractivity contribution is -0.0515. The van der Waals surface area contributed by atoms with Crippen molar-refractivity contribution in [2.24, 2.45) is 5.92 Å². The Morgan fingerprint density at radius 2 is 1.82 bits per heavy atom. The molecule has 2 aliphatic carbocycles. The number of rotatable bonds is 11. The summed E-state index contributed by atoms with van der Waals surface area (Å²) in [7, 11) is 0. The van der Waals surface area contributed by atoms with Crippen molar-refractivity contribution in [3.05, 3.63) is 110 Å². The molecule has 0 bridgehead atoms. The largest absolute Gasteiger partial charge is 0.485 e. The van der Waals surface area contributed by atoms with Crippen molar-refractivity contribution < 1.29 is 14.4 Å². The lowest BCUT2D eigenvalue weighted by atomic mass is 9.80. The third-order valence-corrected chi connectivity index (χ3v) is 9.05. The SMILES string of the molecule is CCCc1nc(CC)n(-c2ccc(OC3(CO)CCC3)cc2)c(=O)c1CC1=CC=C(c2ccccc2-c2noc(=O)[nH]2)C(C)C1. The molecule has 2 aliphatic rings. The summed E-state index contributed by atoms with van der Waals surface area (Å²) in [6.07, 6.45) is 10.5. The normalized spacial score (nSPS) is 17.4. The van der Waals surface area contributed by atoms with Gasteiger partial charge in [0.1, 0.15) is 17.2 Å². The molecule has 234 valence electrons. The predicted molar refractivity (Wildman–Crippen MR) is 174 cm³/mol. The molecule has 6 rings (SSSR count). The van der Waals surface area contributed by atoms with Crippen molar-refractivity contribution >= 4 is 5.57 Å². The molecule has 1 fully saturated rings. The minimum absolute atomic E-state index is 0.000490. The van der Waals surface area contributed by atoms with E-state index in [1.807, 2.05) is 55.5 Å². The summed E-state index contributed by atoms with van der Waals surface area (Å²) in [5, 5.41) is 13.7. The molecule has 1 unspecified atom stereocenters. The summed E-state index contributed by atoms with van der Waals surface area (Å²) in [6.45, 7) is 6.32. The average molecular weight is 609 g/mol. The Kier molecular flexibility index (Phi) is 8.72. The molecule has 9 nitrogen and oxygen atoms in total. The Morgan fingerprint density at radius 3 is 2.42 bits per heavy atom. The van der Waals surface area contributed by atoms with E-state index in [0.717, 1.165) is 78.0 Å². The molecular formula is C36H40N4O5. The van der Waals surface area contributed by atoms with Crippen LogP contribution in [0.1, 0.15) is 75.5 Å². The lowest BCUT2D eigenvalue weighted by Gasteiger charge is -2.40. The van der Waals surface area contributed by atoms with Gasteiger partial charge in [-0.05, 0) is 73.4 Å². The predicted octanol–water partition coefficient (Wildman–Crippen LogP) is 5.98. The number of aromatic nitrogens is 4. The van der Waals surface area contributed by atoms with Crippen molar-refractivity contribution in [3.8, 4) is 22.8 Å². The molecule has 2 aromatic heterocycles. The van der Waals surface area contributed by atoms with Gasteiger partial charge in [-0.1, -0.05) is 74.3 Å². The van der Waals surface area contributed by atoms with Crippen LogP contribution in [-0.4, -0.2) is 37.0 Å². The van der Waals surface area contributed by atoms with E-state index in [-0.39, 0.29) is 18.1 Å². The highest BCUT2D eigenvalue weighted by molar-refractivity contribution is 5.81. The van der Waals surface area contributed by atoms with Crippen molar-refractivity contribution in [2.45, 2.75) is 77.7 Å². The van der Waals surface area contributed by atoms with Gasteiger partial charge in [0.25, 0.3) is 5.56 Å². The molecule has 4 aromatic rings. The summed E-state index contributed by atoms with van der Waals surface area (Å²) in [6, 6.07) is 15.4. The van der Waals surface area contributed by atoms with Crippen LogP contribution in [0.4, 0.5) is 0 Å². The zero-order chi connectivity index (χ0) is 31.6. The number of ether oxygens (including phenoxy) is 1. The third kappa shape index (κ3) is 6.09. The Balaban J connectivity index is 1.33. The Bertz CT molecular complexity index is 1850. The van der Waals surface area contributed by atoms with Crippen LogP contribution in [0.3, 0.4) is 0 Å². The minimum Gasteiger partial charge on any atom is -0.485 e. The fourth-order valence-corrected chi connectivity index (χ4v) is 6.49. The van der Waals surface area contributed by atoms with Gasteiger partial charge in [0.2, 0.25) is 0 Å². The van der Waals surface area contributed by atoms with Crippen molar-refractivity contribution in [2.75, 3.05) is 6.61 Å². The van der Waals surface area contributed by atoms with E-state index in [2.05, 4.69) is 36.1 Å². The Morgan fingerprint density at radius 1 is 1.07 bits per heavy atom. The van der Waals surface area contributed by atoms with Gasteiger partial charge >= 0.3 is 5.76 Å². The number of hydrogen-bond acceptors (Lipinski definition) is 7. The molecule has 45 heavy (non-hydrogen) atoms. The van der Waals surface area contributed by atoms with Crippen LogP contribution in [0, 0.1) is 5.92 Å². The number of aliphatic hydroxyl groups excluding tert-OH is 1. The standard InChI is InChI=1S/C36H40N4O5/c1-4-9-31-30(21-24-12-17-27(23(3)20-24)28-10-6-7-11-29(28)33-38-35(43)45-39-33)34(42)40(32(5-2)37-31)25-13-15-26(16-14-25)44-36(22-41)18-8-19-36/h6-7,10-17,23,41H,4-5,8-9,18-22H2,1-3H3,(H,38,39,43). The van der Waals surface area contributed by atoms with Gasteiger partial charge in [-0.15, -0.1) is 0 Å². The molecule has 9 heteroatoms. The van der Waals surface area contributed by atoms with E-state index in [1.54, 1.807) is 4.57 Å². The maximum Gasteiger partial charge on any atom is 0.439 e. The zero-order valence-electron chi connectivity index (χ0n) is 26.1. The highest BCUT2D eigenvalue weighted by atomic mass is 16.5. The van der Waals surface area contributed by atoms with E-state index >= 15 is 0 Å². The van der Waals surface area contributed by atoms with Crippen LogP contribution < -0.4 is 16.1 Å². The summed E-state index contributed by atoms with van der Waals surface area (Å²) in [4.78, 5) is 33.6. The maximum atomic E-state index is 14.3. The van der Waals surface area contributed by atoms with Crippen molar-refractivity contribution in [3.63, 3.8) is 0 Å². The quantitative estimate of drug-likeness (QED) is 0.215. The Hall–Kier alpha value is -4.50. The molecule has 0 spiro atoms. The van der Waals surface area contributed by atoms with Crippen molar-refractivity contribution in [1.29, 1.82) is 0 Å². The van der Waals surface area contributed by atoms with Gasteiger partial charge in [0.05, 0.1) is 18.0 Å². The molecule has 0 aliphatic heterocycles. The van der Waals surface area contributed by atoms with E-state index in [1.165, 1.54) is 5.57 Å². The van der Waals surface area contributed by atoms with Crippen molar-refractivity contribution in [1.82, 2.24) is 19.7 Å². The van der Waals surface area contributed by atoms with Gasteiger partial charge in [0.15, 0.2) is 5.82 Å². The first kappa shape index (κ1) is 30.5. The lowest BCUT2D eigenvalue weighted by Crippen LogP contribution is -2.46. The second kappa shape index (κ2) is 12.9. The fourth-order valence-electron chi connectivity index (χ4n) is 6.49. The van der Waals surface area contributed by atoms with E-state index in [4.69, 9.17) is 14.2 Å². The zero-order valence-corrected chi connectivity index (χ0v) is 26.1. The highest BCUT2D eigenvalue weighted by Gasteiger charge is 2.38. The number of allylic oxidation sites excluding steroid dienone is 4. The van der Waals surface area contributed by atoms with Gasteiger partial charge in [0, 0.05) is 24.0 Å². The van der Waals surface area contributed by atoms with E-state index < -0.39 is 11.4 Å². The molecule has 0 saturated heterocycles. The molecule has 0 amide bonds. The monoisotopic (exact) mass is 608 g/mol. The fraction of sp³-hybridized carbons (Fsp3) is 0.389. The summed E-state index contributed by atoms with van der Waals surface area (Å²) in [5.74, 6) is 1.42. The van der Waals surface area contributed by atoms with Gasteiger partial charge < -0.3 is 9.84 Å². The molecule has 2 aromatic carbocycles. The number of aromatic amines is 1. The first-order valence-corrected chi connectivity index (χ1v) is 15.9. The smallest absolute Gasteiger partial charge is 0.439 e. The van der Waals surface area contributed by atoms with Crippen LogP contribution >= 0.6 is 0 Å². The number of benzene rings is 2. The van der Waals surface area contributed by atoms with E-state index in [9.17, 15) is 14.7 Å². The van der Waals surface area contributed by atoms with Gasteiger partial charge in [-0.2, -0.15) is 0 Å². The molecule has 2 heterocycles. The number of nitrogens with one attached hydrogen (secondary N) is 1. The number of nitrogens with zero attached hydrogens (tertiary/aromatic N) is 3. The number of hydrogen-bond donors (Lipinski definition) is 2. The van der Waals surface area contributed by atoms with Crippen LogP contribution in [0.2, 0.25) is 0 Å². The second-order valence-electron chi connectivity index (χ2n) is 12.2. The van der Waals surface area contributed by atoms with Crippen LogP contribution in [-0.2, 0) is 19.3 Å². The topological polar surface area (TPSA) is 123 Å². The summed E-state index contributed by atoms with van der Waals surface area (Å²) >= 11 is 0. The molecule has 1 atom stereocenters. The molecule has 1 saturated carbocycles. The maximum absolute atomic E-state index is 14.3. The average Bonchev–Trinajstić information content (AvgIpc) is 3.47. The van der Waals surface area contributed by atoms with Crippen LogP contribution in [0.5, 0.6) is 5.75 Å². The highest BCUT2D eigenvalue weighted by Crippen LogP contribution is 2.38. The first-order chi connectivity index (χ1) is 21.8. The number of aryl methyl sites for hydroxylation is 2. The van der Waals surface area contributed by atoms with E-state index in [0.29, 0.717) is 24.4 Å². The molecular weight excluding hydrogens is 568 g/mol. The Labute approximate surface area is 262 Å². The van der Waals surface area contributed by atoms with Crippen LogP contribution in [0.25, 0.3) is 22.6 Å².